The fraction of sp³-hybridized carbons (Fsp3) is 0. The van der Waals surface area contributed by atoms with Gasteiger partial charge < -0.3 is 0 Å². The smallest absolute Gasteiger partial charge is 0 e. The van der Waals surface area contributed by atoms with Crippen LogP contribution in [0, 0.1) is 0 Å². The Bertz CT molecular complexity index is 6.00. The van der Waals surface area contributed by atoms with Gasteiger partial charge in [-0.15, -0.1) is 0 Å². The van der Waals surface area contributed by atoms with Crippen molar-refractivity contribution in [3.63, 3.8) is 0 Å². The molecule has 4 heteroatoms. The molecule has 4 heavy (non-hydrogen) atoms. The predicted octanol–water partition coefficient (Wildman–Crippen LogP) is -0.656. The van der Waals surface area contributed by atoms with Gasteiger partial charge in [0.1, 0.15) is 0 Å². The first-order valence-electron chi connectivity index (χ1n) is 0. The number of hydrogen-bond acceptors (Lipinski definition) is 0. The predicted molar refractivity (Wildman–Crippen MR) is 7.15 cm³/mol. The van der Waals surface area contributed by atoms with E-state index in [4.69, 9.17) is 0 Å². The van der Waals surface area contributed by atoms with Crippen LogP contribution >= 0.6 is 0 Å². The third kappa shape index (κ3) is 8.82. The van der Waals surface area contributed by atoms with E-state index in [1.165, 1.54) is 0 Å². The Morgan fingerprint density at radius 3 is 0.750 bits per heavy atom. The van der Waals surface area contributed by atoms with Gasteiger partial charge in [-0.1, -0.05) is 0 Å². The summed E-state index contributed by atoms with van der Waals surface area (Å²) in [6.07, 6.45) is 0. The van der Waals surface area contributed by atoms with E-state index in [2.05, 4.69) is 0 Å². The normalized spacial score (nSPS) is 0. The van der Waals surface area contributed by atoms with Crippen molar-refractivity contribution in [3.05, 3.63) is 0 Å². The molecule has 0 atom stereocenters. The molecule has 0 aromatic heterocycles. The summed E-state index contributed by atoms with van der Waals surface area (Å²) in [5, 5.41) is 0. The molecule has 1 radical (unpaired) electrons. The maximum Gasteiger partial charge on any atom is 0 e. The van der Waals surface area contributed by atoms with E-state index in [0.717, 1.165) is 0 Å². The third-order valence-corrected chi connectivity index (χ3v) is 0. The van der Waals surface area contributed by atoms with Crippen molar-refractivity contribution in [1.82, 2.24) is 0 Å². The molecule has 0 aliphatic carbocycles. The van der Waals surface area contributed by atoms with Crippen LogP contribution in [0.3, 0.4) is 0 Å². The Labute approximate surface area is 81.0 Å². The van der Waals surface area contributed by atoms with Gasteiger partial charge >= 0.3 is 29.6 Å². The van der Waals surface area contributed by atoms with E-state index < -0.39 is 0 Å². The summed E-state index contributed by atoms with van der Waals surface area (Å²) in [6, 6.07) is 0. The molecule has 0 saturated heterocycles. The zero-order valence-electron chi connectivity index (χ0n) is 1.15. The van der Waals surface area contributed by atoms with Crippen molar-refractivity contribution in [2.75, 3.05) is 0 Å². The zero-order chi connectivity index (χ0) is 0. The summed E-state index contributed by atoms with van der Waals surface area (Å²) in [6.45, 7) is 0. The van der Waals surface area contributed by atoms with Gasteiger partial charge in [-0.25, -0.2) is 0 Å². The minimum Gasteiger partial charge on any atom is 0 e. The van der Waals surface area contributed by atoms with E-state index in [1.54, 1.807) is 0 Å². The number of hydrogen-bond donors (Lipinski definition) is 0. The first kappa shape index (κ1) is 30.4. The van der Waals surface area contributed by atoms with Crippen LogP contribution in [-0.2, 0) is 52.7 Å². The second-order valence-electron chi connectivity index (χ2n) is 0. The van der Waals surface area contributed by atoms with Crippen molar-refractivity contribution in [2.45, 2.75) is 0 Å². The van der Waals surface area contributed by atoms with Crippen molar-refractivity contribution in [2.24, 2.45) is 0 Å². The first-order valence-corrected chi connectivity index (χ1v) is 0. The molecule has 0 N–H and O–H groups in total. The van der Waals surface area contributed by atoms with Crippen LogP contribution in [0.1, 0.15) is 0 Å². The first-order chi connectivity index (χ1) is 0. The average molecular weight is 187 g/mol. The fourth-order valence-corrected chi connectivity index (χ4v) is 0. The van der Waals surface area contributed by atoms with Crippen LogP contribution in [0.4, 0.5) is 0 Å². The molecule has 0 aromatic carbocycles. The minimum atomic E-state index is 0. The number of rotatable bonds is 0. The second kappa shape index (κ2) is 17.5. The topological polar surface area (TPSA) is 0 Å². The third-order valence-electron chi connectivity index (χ3n) is 0. The van der Waals surface area contributed by atoms with Gasteiger partial charge in [-0.3, -0.25) is 0 Å². The molecule has 0 heterocycles. The van der Waals surface area contributed by atoms with Crippen LogP contribution in [0.15, 0.2) is 0 Å². The summed E-state index contributed by atoms with van der Waals surface area (Å²) in [4.78, 5) is 0. The molecular formula is HFe2NaV. The molecule has 0 nitrogen and oxygen atoms in total. The zero-order valence-corrected chi connectivity index (χ0v) is 4.76. The molecule has 0 aliphatic rings. The molecule has 0 aliphatic heterocycles. The monoisotopic (exact) mass is 187 g/mol. The minimum absolute atomic E-state index is 0. The molecule has 0 spiro atoms. The van der Waals surface area contributed by atoms with Crippen molar-refractivity contribution >= 4 is 29.6 Å². The summed E-state index contributed by atoms with van der Waals surface area (Å²) >= 11 is 0. The molecular weight excluding hydrogens is 186 g/mol. The molecule has 0 aromatic rings. The van der Waals surface area contributed by atoms with E-state index in [0.29, 0.717) is 0 Å². The van der Waals surface area contributed by atoms with Crippen LogP contribution in [0.25, 0.3) is 0 Å². The van der Waals surface area contributed by atoms with E-state index in [1.807, 2.05) is 0 Å². The Hall–Kier alpha value is 2.62. The van der Waals surface area contributed by atoms with Crippen LogP contribution in [0.5, 0.6) is 0 Å². The van der Waals surface area contributed by atoms with Gasteiger partial charge in [-0.05, 0) is 0 Å². The fourth-order valence-electron chi connectivity index (χ4n) is 0. The Morgan fingerprint density at radius 1 is 0.750 bits per heavy atom. The van der Waals surface area contributed by atoms with Crippen molar-refractivity contribution < 1.29 is 52.7 Å². The largest absolute Gasteiger partial charge is 0 e. The average Bonchev–Trinajstić information content (AvgIpc) is 0. The van der Waals surface area contributed by atoms with Crippen molar-refractivity contribution in [1.29, 1.82) is 0 Å². The molecule has 0 unspecified atom stereocenters. The van der Waals surface area contributed by atoms with Crippen LogP contribution < -0.4 is 0 Å². The van der Waals surface area contributed by atoms with Gasteiger partial charge in [0.2, 0.25) is 0 Å². The van der Waals surface area contributed by atoms with Gasteiger partial charge in [0.05, 0.1) is 0 Å². The van der Waals surface area contributed by atoms with Gasteiger partial charge in [0.15, 0.2) is 0 Å². The standard InChI is InChI=1S/2Fe.Na.V.H. The Kier molecular flexibility index (Phi) is 133. The maximum atomic E-state index is 0. The molecule has 0 bridgehead atoms. The summed E-state index contributed by atoms with van der Waals surface area (Å²) in [5.41, 5.74) is 0. The second-order valence-corrected chi connectivity index (χ2v) is 0. The quantitative estimate of drug-likeness (QED) is 0.441. The van der Waals surface area contributed by atoms with E-state index in [9.17, 15) is 0 Å². The Morgan fingerprint density at radius 2 is 0.750 bits per heavy atom. The van der Waals surface area contributed by atoms with Gasteiger partial charge in [-0.2, -0.15) is 0 Å². The SMILES string of the molecule is [Fe].[Fe].[NaH].[V]. The molecule has 0 rings (SSSR count). The molecule has 0 amide bonds. The van der Waals surface area contributed by atoms with Gasteiger partial charge in [0.25, 0.3) is 0 Å². The van der Waals surface area contributed by atoms with E-state index in [-0.39, 0.29) is 82.3 Å². The van der Waals surface area contributed by atoms with Crippen molar-refractivity contribution in [3.8, 4) is 0 Å². The van der Waals surface area contributed by atoms with Crippen LogP contribution in [-0.4, -0.2) is 29.6 Å². The molecule has 0 fully saturated rings. The van der Waals surface area contributed by atoms with Crippen LogP contribution in [0.2, 0.25) is 0 Å². The Balaban J connectivity index is 0. The summed E-state index contributed by atoms with van der Waals surface area (Å²) in [7, 11) is 0. The summed E-state index contributed by atoms with van der Waals surface area (Å²) < 4.78 is 0. The van der Waals surface area contributed by atoms with E-state index >= 15 is 0 Å². The summed E-state index contributed by atoms with van der Waals surface area (Å²) in [5.74, 6) is 0. The molecule has 23 valence electrons. The van der Waals surface area contributed by atoms with Gasteiger partial charge in [0, 0.05) is 52.7 Å². The maximum absolute atomic E-state index is 0. The molecule has 0 saturated carbocycles.